The normalized spacial score (nSPS) is 11.8. The Kier molecular flexibility index (Phi) is 8.11. The van der Waals surface area contributed by atoms with Crippen molar-refractivity contribution in [3.05, 3.63) is 0 Å². The lowest BCUT2D eigenvalue weighted by Gasteiger charge is -2.16. The number of hydrogen-bond donors (Lipinski definition) is 0. The highest BCUT2D eigenvalue weighted by Crippen LogP contribution is 2.02. The second-order valence-corrected chi connectivity index (χ2v) is 5.31. The molecule has 0 aromatic carbocycles. The van der Waals surface area contributed by atoms with E-state index < -0.39 is 27.8 Å². The molecule has 0 radical (unpaired) electrons. The van der Waals surface area contributed by atoms with Gasteiger partial charge >= 0.3 is 5.97 Å². The summed E-state index contributed by atoms with van der Waals surface area (Å²) in [6.45, 7) is 5.95. The Hall–Kier alpha value is -0.660. The summed E-state index contributed by atoms with van der Waals surface area (Å²) in [6, 6.07) is 0. The van der Waals surface area contributed by atoms with Crippen LogP contribution in [-0.2, 0) is 28.8 Å². The Morgan fingerprint density at radius 1 is 1.06 bits per heavy atom. The van der Waals surface area contributed by atoms with E-state index >= 15 is 0 Å². The SMILES string of the molecule is CCOC(=O)CS(=O)(=O)CC(OCC)OCC. The number of sulfone groups is 1. The van der Waals surface area contributed by atoms with Gasteiger partial charge in [-0.15, -0.1) is 0 Å². The topological polar surface area (TPSA) is 78.9 Å². The summed E-state index contributed by atoms with van der Waals surface area (Å²) in [7, 11) is -3.57. The summed E-state index contributed by atoms with van der Waals surface area (Å²) >= 11 is 0. The van der Waals surface area contributed by atoms with E-state index in [4.69, 9.17) is 9.47 Å². The van der Waals surface area contributed by atoms with Gasteiger partial charge in [0.05, 0.1) is 6.61 Å². The third kappa shape index (κ3) is 8.12. The van der Waals surface area contributed by atoms with Crippen LogP contribution in [-0.4, -0.2) is 52.0 Å². The minimum Gasteiger partial charge on any atom is -0.465 e. The number of hydrogen-bond acceptors (Lipinski definition) is 6. The van der Waals surface area contributed by atoms with Gasteiger partial charge in [-0.2, -0.15) is 0 Å². The van der Waals surface area contributed by atoms with Crippen molar-refractivity contribution in [2.24, 2.45) is 0 Å². The van der Waals surface area contributed by atoms with Gasteiger partial charge in [0.25, 0.3) is 0 Å². The predicted octanol–water partition coefficient (Wildman–Crippen LogP) is 0.363. The van der Waals surface area contributed by atoms with Gasteiger partial charge in [-0.3, -0.25) is 4.79 Å². The highest BCUT2D eigenvalue weighted by molar-refractivity contribution is 7.92. The third-order valence-electron chi connectivity index (χ3n) is 1.74. The zero-order chi connectivity index (χ0) is 13.3. The summed E-state index contributed by atoms with van der Waals surface area (Å²) in [5.41, 5.74) is 0. The largest absolute Gasteiger partial charge is 0.465 e. The molecule has 0 saturated carbocycles. The van der Waals surface area contributed by atoms with E-state index in [-0.39, 0.29) is 12.4 Å². The molecule has 0 saturated heterocycles. The van der Waals surface area contributed by atoms with Crippen molar-refractivity contribution < 1.29 is 27.4 Å². The van der Waals surface area contributed by atoms with E-state index in [9.17, 15) is 13.2 Å². The minimum atomic E-state index is -3.57. The Morgan fingerprint density at radius 2 is 1.59 bits per heavy atom. The van der Waals surface area contributed by atoms with Gasteiger partial charge in [0.1, 0.15) is 11.5 Å². The Bertz CT molecular complexity index is 305. The highest BCUT2D eigenvalue weighted by Gasteiger charge is 2.23. The maximum atomic E-state index is 11.6. The van der Waals surface area contributed by atoms with Crippen molar-refractivity contribution >= 4 is 15.8 Å². The quantitative estimate of drug-likeness (QED) is 0.444. The molecule has 0 amide bonds. The van der Waals surface area contributed by atoms with Crippen molar-refractivity contribution in [3.8, 4) is 0 Å². The fourth-order valence-corrected chi connectivity index (χ4v) is 2.33. The van der Waals surface area contributed by atoms with Crippen LogP contribution in [0.25, 0.3) is 0 Å². The molecule has 0 N–H and O–H groups in total. The average molecular weight is 268 g/mol. The van der Waals surface area contributed by atoms with Crippen LogP contribution < -0.4 is 0 Å². The van der Waals surface area contributed by atoms with Crippen molar-refractivity contribution in [2.45, 2.75) is 27.1 Å². The summed E-state index contributed by atoms with van der Waals surface area (Å²) in [5, 5.41) is 0. The first-order chi connectivity index (χ1) is 7.95. The highest BCUT2D eigenvalue weighted by atomic mass is 32.2. The molecule has 7 heteroatoms. The lowest BCUT2D eigenvalue weighted by molar-refractivity contribution is -0.140. The second-order valence-electron chi connectivity index (χ2n) is 3.20. The lowest BCUT2D eigenvalue weighted by Crippen LogP contribution is -2.31. The first-order valence-corrected chi connectivity index (χ1v) is 7.36. The second kappa shape index (κ2) is 8.43. The smallest absolute Gasteiger partial charge is 0.321 e. The average Bonchev–Trinajstić information content (AvgIpc) is 2.16. The number of rotatable bonds is 9. The minimum absolute atomic E-state index is 0.161. The zero-order valence-corrected chi connectivity index (χ0v) is 11.3. The fourth-order valence-electron chi connectivity index (χ4n) is 1.16. The molecule has 0 fully saturated rings. The summed E-state index contributed by atoms with van der Waals surface area (Å²) in [6.07, 6.45) is -0.829. The van der Waals surface area contributed by atoms with Gasteiger partial charge < -0.3 is 14.2 Å². The molecule has 0 bridgehead atoms. The van der Waals surface area contributed by atoms with Crippen LogP contribution in [0.4, 0.5) is 0 Å². The van der Waals surface area contributed by atoms with Crippen LogP contribution in [0.3, 0.4) is 0 Å². The van der Waals surface area contributed by atoms with Gasteiger partial charge in [0.15, 0.2) is 16.1 Å². The van der Waals surface area contributed by atoms with E-state index in [1.165, 1.54) is 0 Å². The van der Waals surface area contributed by atoms with Crippen LogP contribution in [0.5, 0.6) is 0 Å². The molecular formula is C10H20O6S. The van der Waals surface area contributed by atoms with Gasteiger partial charge in [-0.25, -0.2) is 8.42 Å². The molecular weight excluding hydrogens is 248 g/mol. The van der Waals surface area contributed by atoms with E-state index in [1.54, 1.807) is 20.8 Å². The van der Waals surface area contributed by atoms with Crippen molar-refractivity contribution in [1.29, 1.82) is 0 Å². The first-order valence-electron chi connectivity index (χ1n) is 5.54. The van der Waals surface area contributed by atoms with Gasteiger partial charge in [0, 0.05) is 13.2 Å². The standard InChI is InChI=1S/C10H20O6S/c1-4-14-9(11)7-17(12,13)8-10(15-5-2)16-6-3/h10H,4-8H2,1-3H3. The van der Waals surface area contributed by atoms with E-state index in [2.05, 4.69) is 4.74 Å². The number of ether oxygens (including phenoxy) is 3. The number of carbonyl (C=O) groups excluding carboxylic acids is 1. The molecule has 0 atom stereocenters. The van der Waals surface area contributed by atoms with Crippen LogP contribution >= 0.6 is 0 Å². The van der Waals surface area contributed by atoms with Crippen molar-refractivity contribution in [3.63, 3.8) is 0 Å². The number of carbonyl (C=O) groups is 1. The molecule has 0 heterocycles. The Morgan fingerprint density at radius 3 is 2.00 bits per heavy atom. The monoisotopic (exact) mass is 268 g/mol. The molecule has 0 aliphatic heterocycles. The molecule has 0 aliphatic carbocycles. The first kappa shape index (κ1) is 16.3. The van der Waals surface area contributed by atoms with E-state index in [0.717, 1.165) is 0 Å². The zero-order valence-electron chi connectivity index (χ0n) is 10.5. The Balaban J connectivity index is 4.34. The molecule has 6 nitrogen and oxygen atoms in total. The van der Waals surface area contributed by atoms with Gasteiger partial charge in [-0.05, 0) is 20.8 Å². The molecule has 17 heavy (non-hydrogen) atoms. The van der Waals surface area contributed by atoms with E-state index in [0.29, 0.717) is 13.2 Å². The third-order valence-corrected chi connectivity index (χ3v) is 3.19. The van der Waals surface area contributed by atoms with Crippen LogP contribution in [0.1, 0.15) is 20.8 Å². The summed E-state index contributed by atoms with van der Waals surface area (Å²) in [5.74, 6) is -1.73. The van der Waals surface area contributed by atoms with Crippen LogP contribution in [0.15, 0.2) is 0 Å². The van der Waals surface area contributed by atoms with Gasteiger partial charge in [0.2, 0.25) is 0 Å². The molecule has 0 rings (SSSR count). The molecule has 0 aromatic heterocycles. The molecule has 0 aliphatic rings. The summed E-state index contributed by atoms with van der Waals surface area (Å²) < 4.78 is 38.0. The molecule has 0 spiro atoms. The summed E-state index contributed by atoms with van der Waals surface area (Å²) in [4.78, 5) is 11.1. The van der Waals surface area contributed by atoms with E-state index in [1.807, 2.05) is 0 Å². The molecule has 0 aromatic rings. The van der Waals surface area contributed by atoms with Gasteiger partial charge in [-0.1, -0.05) is 0 Å². The van der Waals surface area contributed by atoms with Crippen LogP contribution in [0, 0.1) is 0 Å². The Labute approximate surface area is 102 Å². The van der Waals surface area contributed by atoms with Crippen LogP contribution in [0.2, 0.25) is 0 Å². The number of esters is 1. The molecule has 0 unspecified atom stereocenters. The maximum absolute atomic E-state index is 11.6. The maximum Gasteiger partial charge on any atom is 0.321 e. The predicted molar refractivity (Wildman–Crippen MR) is 62.3 cm³/mol. The fraction of sp³-hybridized carbons (Fsp3) is 0.900. The lowest BCUT2D eigenvalue weighted by atomic mass is 10.7. The molecule has 102 valence electrons. The van der Waals surface area contributed by atoms with Crippen molar-refractivity contribution in [1.82, 2.24) is 0 Å². The van der Waals surface area contributed by atoms with Crippen molar-refractivity contribution in [2.75, 3.05) is 31.3 Å².